The van der Waals surface area contributed by atoms with Gasteiger partial charge in [0.1, 0.15) is 0 Å². The van der Waals surface area contributed by atoms with Crippen LogP contribution in [0.5, 0.6) is 0 Å². The molecule has 1 unspecified atom stereocenters. The second-order valence-corrected chi connectivity index (χ2v) is 5.38. The molecular weight excluding hydrogens is 208 g/mol. The number of pyridine rings is 1. The predicted octanol–water partition coefficient (Wildman–Crippen LogP) is 2.41. The summed E-state index contributed by atoms with van der Waals surface area (Å²) in [6, 6.07) is 9.91. The predicted molar refractivity (Wildman–Crippen MR) is 70.3 cm³/mol. The van der Waals surface area contributed by atoms with E-state index in [0.29, 0.717) is 0 Å². The van der Waals surface area contributed by atoms with E-state index in [1.54, 1.807) is 0 Å². The molecule has 17 heavy (non-hydrogen) atoms. The van der Waals surface area contributed by atoms with Crippen LogP contribution in [0.1, 0.15) is 17.7 Å². The lowest BCUT2D eigenvalue weighted by atomic mass is 9.87. The van der Waals surface area contributed by atoms with E-state index in [9.17, 15) is 0 Å². The number of nitrogens with zero attached hydrogens (tertiary/aromatic N) is 2. The van der Waals surface area contributed by atoms with Crippen molar-refractivity contribution in [1.29, 1.82) is 0 Å². The van der Waals surface area contributed by atoms with Gasteiger partial charge in [0, 0.05) is 24.5 Å². The molecule has 89 valence electrons. The molecule has 0 spiro atoms. The molecule has 0 amide bonds. The summed E-state index contributed by atoms with van der Waals surface area (Å²) in [7, 11) is 4.32. The Morgan fingerprint density at radius 1 is 1.41 bits per heavy atom. The van der Waals surface area contributed by atoms with Crippen LogP contribution in [-0.2, 0) is 12.8 Å². The van der Waals surface area contributed by atoms with Gasteiger partial charge in [0.25, 0.3) is 0 Å². The standard InChI is InChI=1S/C15H19N2/c1-16(2)11-12-6-7-15-13(9-12)10-14-5-3-4-8-17(14)15/h3-5,8,12H,6-7,9,11H2,1-2H3. The normalized spacial score (nSPS) is 19.8. The quantitative estimate of drug-likeness (QED) is 0.764. The highest BCUT2D eigenvalue weighted by atomic mass is 15.1. The molecule has 2 aromatic rings. The summed E-state index contributed by atoms with van der Waals surface area (Å²) < 4.78 is 2.31. The summed E-state index contributed by atoms with van der Waals surface area (Å²) in [4.78, 5) is 2.30. The SMILES string of the molecule is CN(C)CC1CCc2c([c]c3ccccn23)C1. The Kier molecular flexibility index (Phi) is 2.67. The van der Waals surface area contributed by atoms with Gasteiger partial charge in [-0.1, -0.05) is 6.07 Å². The van der Waals surface area contributed by atoms with E-state index in [-0.39, 0.29) is 0 Å². The van der Waals surface area contributed by atoms with E-state index in [1.807, 2.05) is 0 Å². The first-order chi connectivity index (χ1) is 8.24. The van der Waals surface area contributed by atoms with Crippen LogP contribution in [-0.4, -0.2) is 29.9 Å². The molecule has 0 saturated carbocycles. The fourth-order valence-corrected chi connectivity index (χ4v) is 3.00. The van der Waals surface area contributed by atoms with Crippen LogP contribution >= 0.6 is 0 Å². The minimum absolute atomic E-state index is 0.797. The molecular formula is C15H19N2. The van der Waals surface area contributed by atoms with Crippen molar-refractivity contribution in [2.45, 2.75) is 19.3 Å². The van der Waals surface area contributed by atoms with Crippen molar-refractivity contribution in [3.05, 3.63) is 41.7 Å². The van der Waals surface area contributed by atoms with E-state index in [4.69, 9.17) is 0 Å². The van der Waals surface area contributed by atoms with Gasteiger partial charge in [0.15, 0.2) is 0 Å². The van der Waals surface area contributed by atoms with Crippen molar-refractivity contribution in [3.63, 3.8) is 0 Å². The number of hydrogen-bond acceptors (Lipinski definition) is 1. The summed E-state index contributed by atoms with van der Waals surface area (Å²) in [6.07, 6.45) is 5.86. The summed E-state index contributed by atoms with van der Waals surface area (Å²) >= 11 is 0. The number of aromatic nitrogens is 1. The third-order valence-electron chi connectivity index (χ3n) is 3.68. The molecule has 3 rings (SSSR count). The van der Waals surface area contributed by atoms with Crippen LogP contribution in [0.4, 0.5) is 0 Å². The fourth-order valence-electron chi connectivity index (χ4n) is 3.00. The largest absolute Gasteiger partial charge is 0.320 e. The molecule has 0 fully saturated rings. The molecule has 2 nitrogen and oxygen atoms in total. The first-order valence-corrected chi connectivity index (χ1v) is 6.39. The second kappa shape index (κ2) is 4.19. The van der Waals surface area contributed by atoms with Gasteiger partial charge >= 0.3 is 0 Å². The monoisotopic (exact) mass is 227 g/mol. The average Bonchev–Trinajstić information content (AvgIpc) is 2.65. The zero-order valence-corrected chi connectivity index (χ0v) is 10.6. The maximum atomic E-state index is 3.56. The highest BCUT2D eigenvalue weighted by Crippen LogP contribution is 2.28. The Hall–Kier alpha value is -1.28. The van der Waals surface area contributed by atoms with Gasteiger partial charge < -0.3 is 9.30 Å². The number of aryl methyl sites for hydroxylation is 1. The molecule has 2 heterocycles. The van der Waals surface area contributed by atoms with Crippen LogP contribution < -0.4 is 0 Å². The first-order valence-electron chi connectivity index (χ1n) is 6.39. The van der Waals surface area contributed by atoms with E-state index in [2.05, 4.69) is 53.9 Å². The minimum Gasteiger partial charge on any atom is -0.320 e. The van der Waals surface area contributed by atoms with Crippen molar-refractivity contribution >= 4 is 5.52 Å². The third kappa shape index (κ3) is 1.98. The van der Waals surface area contributed by atoms with Gasteiger partial charge in [-0.2, -0.15) is 0 Å². The van der Waals surface area contributed by atoms with E-state index >= 15 is 0 Å². The second-order valence-electron chi connectivity index (χ2n) is 5.38. The van der Waals surface area contributed by atoms with Gasteiger partial charge in [0.2, 0.25) is 0 Å². The molecule has 1 aliphatic carbocycles. The Labute approximate surface area is 103 Å². The van der Waals surface area contributed by atoms with Crippen LogP contribution in [0.3, 0.4) is 0 Å². The van der Waals surface area contributed by atoms with Crippen molar-refractivity contribution in [2.24, 2.45) is 5.92 Å². The van der Waals surface area contributed by atoms with E-state index < -0.39 is 0 Å². The van der Waals surface area contributed by atoms with Gasteiger partial charge in [-0.15, -0.1) is 0 Å². The Morgan fingerprint density at radius 2 is 2.29 bits per heavy atom. The minimum atomic E-state index is 0.797. The average molecular weight is 227 g/mol. The first kappa shape index (κ1) is 10.8. The Morgan fingerprint density at radius 3 is 3.12 bits per heavy atom. The number of fused-ring (bicyclic) bond motifs is 3. The molecule has 1 atom stereocenters. The maximum absolute atomic E-state index is 3.56. The van der Waals surface area contributed by atoms with E-state index in [1.165, 1.54) is 42.6 Å². The molecule has 0 saturated heterocycles. The topological polar surface area (TPSA) is 7.65 Å². The van der Waals surface area contributed by atoms with Gasteiger partial charge in [-0.3, -0.25) is 0 Å². The molecule has 0 N–H and O–H groups in total. The molecule has 1 aliphatic rings. The molecule has 2 heteroatoms. The van der Waals surface area contributed by atoms with Crippen LogP contribution in [0.2, 0.25) is 0 Å². The maximum Gasteiger partial charge on any atom is 0.0535 e. The van der Waals surface area contributed by atoms with Crippen molar-refractivity contribution < 1.29 is 0 Å². The Bertz CT molecular complexity index is 525. The van der Waals surface area contributed by atoms with Crippen molar-refractivity contribution in [2.75, 3.05) is 20.6 Å². The summed E-state index contributed by atoms with van der Waals surface area (Å²) in [5.74, 6) is 0.797. The zero-order valence-electron chi connectivity index (χ0n) is 10.6. The van der Waals surface area contributed by atoms with E-state index in [0.717, 1.165) is 5.92 Å². The lowest BCUT2D eigenvalue weighted by molar-refractivity contribution is 0.301. The van der Waals surface area contributed by atoms with Crippen molar-refractivity contribution in [3.8, 4) is 0 Å². The van der Waals surface area contributed by atoms with Crippen LogP contribution in [0, 0.1) is 12.0 Å². The molecule has 0 bridgehead atoms. The van der Waals surface area contributed by atoms with Crippen LogP contribution in [0.25, 0.3) is 5.52 Å². The smallest absolute Gasteiger partial charge is 0.0535 e. The molecule has 2 aromatic heterocycles. The zero-order chi connectivity index (χ0) is 11.8. The van der Waals surface area contributed by atoms with Gasteiger partial charge in [0.05, 0.1) is 5.52 Å². The summed E-state index contributed by atoms with van der Waals surface area (Å²) in [6.45, 7) is 1.19. The molecule has 0 aromatic carbocycles. The van der Waals surface area contributed by atoms with Gasteiger partial charge in [-0.05, 0) is 57.0 Å². The molecule has 1 radical (unpaired) electrons. The highest BCUT2D eigenvalue weighted by molar-refractivity contribution is 5.52. The lowest BCUT2D eigenvalue weighted by Gasteiger charge is -2.25. The highest BCUT2D eigenvalue weighted by Gasteiger charge is 2.22. The molecule has 0 aliphatic heterocycles. The summed E-state index contributed by atoms with van der Waals surface area (Å²) in [5.41, 5.74) is 4.15. The fraction of sp³-hybridized carbons (Fsp3) is 0.467. The van der Waals surface area contributed by atoms with Crippen LogP contribution in [0.15, 0.2) is 24.4 Å². The number of rotatable bonds is 2. The lowest BCUT2D eigenvalue weighted by Crippen LogP contribution is -2.26. The van der Waals surface area contributed by atoms with Crippen molar-refractivity contribution in [1.82, 2.24) is 9.30 Å². The third-order valence-corrected chi connectivity index (χ3v) is 3.68. The number of hydrogen-bond donors (Lipinski definition) is 0. The Balaban J connectivity index is 1.92. The van der Waals surface area contributed by atoms with Gasteiger partial charge in [-0.25, -0.2) is 0 Å². The summed E-state index contributed by atoms with van der Waals surface area (Å²) in [5, 5.41) is 0.